The van der Waals surface area contributed by atoms with Crippen LogP contribution in [-0.2, 0) is 11.3 Å². The molecule has 1 saturated carbocycles. The van der Waals surface area contributed by atoms with E-state index in [-0.39, 0.29) is 37.8 Å². The molecule has 0 saturated heterocycles. The Hall–Kier alpha value is -1.93. The molecule has 0 atom stereocenters. The van der Waals surface area contributed by atoms with Gasteiger partial charge in [0.25, 0.3) is 5.91 Å². The van der Waals surface area contributed by atoms with Crippen LogP contribution in [0, 0.1) is 0 Å². The lowest BCUT2D eigenvalue weighted by molar-refractivity contribution is -0.123. The molecule has 146 valence electrons. The van der Waals surface area contributed by atoms with Crippen molar-refractivity contribution in [2.24, 2.45) is 0 Å². The minimum absolute atomic E-state index is 0.0203. The molecule has 3 rings (SSSR count). The van der Waals surface area contributed by atoms with Crippen molar-refractivity contribution in [3.8, 4) is 5.75 Å². The van der Waals surface area contributed by atoms with Crippen LogP contribution in [0.25, 0.3) is 0 Å². The third-order valence-corrected chi connectivity index (χ3v) is 4.79. The van der Waals surface area contributed by atoms with Gasteiger partial charge in [0.15, 0.2) is 12.4 Å². The molecule has 1 aromatic carbocycles. The number of carbonyl (C=O) groups is 1. The Kier molecular flexibility index (Phi) is 6.16. The zero-order chi connectivity index (χ0) is 19.4. The Labute approximate surface area is 164 Å². The Morgan fingerprint density at radius 2 is 2.07 bits per heavy atom. The molecule has 1 aromatic heterocycles. The topological polar surface area (TPSA) is 77.2 Å². The molecule has 0 radical (unpaired) electrons. The second-order valence-corrected chi connectivity index (χ2v) is 7.16. The monoisotopic (exact) mass is 419 g/mol. The van der Waals surface area contributed by atoms with Crippen LogP contribution in [0.5, 0.6) is 5.75 Å². The smallest absolute Gasteiger partial charge is 0.258 e. The lowest BCUT2D eigenvalue weighted by Gasteiger charge is -2.26. The lowest BCUT2D eigenvalue weighted by Crippen LogP contribution is -2.28. The number of amides is 1. The first-order valence-electron chi connectivity index (χ1n) is 8.37. The summed E-state index contributed by atoms with van der Waals surface area (Å²) in [5, 5.41) is 7.18. The number of alkyl halides is 2. The van der Waals surface area contributed by atoms with Crippen LogP contribution in [0.15, 0.2) is 22.7 Å². The number of nitrogens with zero attached hydrogens (tertiary/aromatic N) is 2. The van der Waals surface area contributed by atoms with Gasteiger partial charge in [0.05, 0.1) is 11.6 Å². The van der Waals surface area contributed by atoms with Crippen molar-refractivity contribution in [2.75, 3.05) is 6.61 Å². The van der Waals surface area contributed by atoms with Crippen molar-refractivity contribution in [3.05, 3.63) is 40.0 Å². The lowest BCUT2D eigenvalue weighted by atomic mass is 9.86. The summed E-state index contributed by atoms with van der Waals surface area (Å²) in [4.78, 5) is 16.1. The Bertz CT molecular complexity index is 806. The summed E-state index contributed by atoms with van der Waals surface area (Å²) in [6.07, 6.45) is 0.272. The van der Waals surface area contributed by atoms with E-state index in [9.17, 15) is 13.6 Å². The molecule has 1 fully saturated rings. The van der Waals surface area contributed by atoms with Gasteiger partial charge in [-0.15, -0.1) is 0 Å². The summed E-state index contributed by atoms with van der Waals surface area (Å²) < 4.78 is 36.8. The molecule has 1 heterocycles. The molecule has 10 heteroatoms. The number of carbonyl (C=O) groups excluding carboxylic acids is 1. The third-order valence-electron chi connectivity index (χ3n) is 4.26. The van der Waals surface area contributed by atoms with Crippen molar-refractivity contribution < 1.29 is 22.8 Å². The fourth-order valence-electron chi connectivity index (χ4n) is 2.76. The van der Waals surface area contributed by atoms with Crippen molar-refractivity contribution in [3.63, 3.8) is 0 Å². The van der Waals surface area contributed by atoms with E-state index in [1.807, 2.05) is 0 Å². The predicted molar refractivity (Wildman–Crippen MR) is 94.3 cm³/mol. The highest BCUT2D eigenvalue weighted by Gasteiger charge is 2.36. The first kappa shape index (κ1) is 19.8. The van der Waals surface area contributed by atoms with Gasteiger partial charge in [-0.05, 0) is 31.0 Å². The van der Waals surface area contributed by atoms with Crippen molar-refractivity contribution in [1.29, 1.82) is 0 Å². The van der Waals surface area contributed by atoms with E-state index in [4.69, 9.17) is 32.5 Å². The van der Waals surface area contributed by atoms with Crippen molar-refractivity contribution in [2.45, 2.75) is 44.1 Å². The van der Waals surface area contributed by atoms with E-state index >= 15 is 0 Å². The fourth-order valence-corrected chi connectivity index (χ4v) is 3.23. The molecule has 2 aromatic rings. The molecular formula is C17H17Cl2F2N3O3. The highest BCUT2D eigenvalue weighted by Crippen LogP contribution is 2.39. The van der Waals surface area contributed by atoms with E-state index in [0.29, 0.717) is 34.5 Å². The Morgan fingerprint density at radius 3 is 2.78 bits per heavy atom. The average Bonchev–Trinajstić information content (AvgIpc) is 3.08. The van der Waals surface area contributed by atoms with Crippen LogP contribution in [0.3, 0.4) is 0 Å². The molecule has 1 aliphatic rings. The first-order chi connectivity index (χ1) is 12.8. The summed E-state index contributed by atoms with van der Waals surface area (Å²) in [5.74, 6) is -2.21. The summed E-state index contributed by atoms with van der Waals surface area (Å²) in [6, 6.07) is 4.68. The van der Waals surface area contributed by atoms with Gasteiger partial charge in [-0.2, -0.15) is 4.98 Å². The normalized spacial score (nSPS) is 16.9. The van der Waals surface area contributed by atoms with Gasteiger partial charge in [0.1, 0.15) is 5.75 Å². The van der Waals surface area contributed by atoms with Gasteiger partial charge >= 0.3 is 0 Å². The molecular weight excluding hydrogens is 403 g/mol. The summed E-state index contributed by atoms with van der Waals surface area (Å²) in [6.45, 7) is -0.230. The average molecular weight is 420 g/mol. The van der Waals surface area contributed by atoms with Crippen LogP contribution < -0.4 is 10.1 Å². The Morgan fingerprint density at radius 1 is 1.33 bits per heavy atom. The van der Waals surface area contributed by atoms with Crippen LogP contribution in [0.2, 0.25) is 10.0 Å². The van der Waals surface area contributed by atoms with E-state index in [1.54, 1.807) is 12.1 Å². The number of benzene rings is 1. The summed E-state index contributed by atoms with van der Waals surface area (Å²) in [5.41, 5.74) is 0. The second kappa shape index (κ2) is 8.39. The zero-order valence-electron chi connectivity index (χ0n) is 14.2. The fraction of sp³-hybridized carbons (Fsp3) is 0.471. The molecule has 1 N–H and O–H groups in total. The maximum absolute atomic E-state index is 13.2. The number of hydrogen-bond acceptors (Lipinski definition) is 5. The maximum Gasteiger partial charge on any atom is 0.258 e. The molecule has 0 spiro atoms. The summed E-state index contributed by atoms with van der Waals surface area (Å²) in [7, 11) is 0. The SMILES string of the molecule is O=C(COc1ccc(Cl)cc1Cl)NCc1nc(C2CCC(F)(F)CC2)no1. The minimum Gasteiger partial charge on any atom is -0.482 e. The second-order valence-electron chi connectivity index (χ2n) is 6.32. The number of nitrogens with one attached hydrogen (secondary N) is 1. The number of aromatic nitrogens is 2. The number of halogens is 4. The van der Waals surface area contributed by atoms with Gasteiger partial charge in [-0.3, -0.25) is 4.79 Å². The van der Waals surface area contributed by atoms with E-state index in [1.165, 1.54) is 6.07 Å². The molecule has 1 aliphatic carbocycles. The third kappa shape index (κ3) is 5.52. The Balaban J connectivity index is 1.45. The predicted octanol–water partition coefficient (Wildman–Crippen LogP) is 4.36. The summed E-state index contributed by atoms with van der Waals surface area (Å²) >= 11 is 11.7. The molecule has 1 amide bonds. The van der Waals surface area contributed by atoms with Crippen molar-refractivity contribution >= 4 is 29.1 Å². The van der Waals surface area contributed by atoms with Gasteiger partial charge in [0, 0.05) is 23.8 Å². The van der Waals surface area contributed by atoms with E-state index in [0.717, 1.165) is 0 Å². The van der Waals surface area contributed by atoms with Gasteiger partial charge in [0.2, 0.25) is 11.8 Å². The number of ether oxygens (including phenoxy) is 1. The largest absolute Gasteiger partial charge is 0.482 e. The van der Waals surface area contributed by atoms with E-state index in [2.05, 4.69) is 15.5 Å². The van der Waals surface area contributed by atoms with Crippen LogP contribution in [-0.4, -0.2) is 28.6 Å². The molecule has 0 unspecified atom stereocenters. The van der Waals surface area contributed by atoms with Crippen LogP contribution in [0.1, 0.15) is 43.3 Å². The number of hydrogen-bond donors (Lipinski definition) is 1. The molecule has 0 aliphatic heterocycles. The number of rotatable bonds is 6. The standard InChI is InChI=1S/C17H17Cl2F2N3O3/c18-11-1-2-13(12(19)7-11)26-9-14(25)22-8-15-23-16(24-27-15)10-3-5-17(20,21)6-4-10/h1-2,7,10H,3-6,8-9H2,(H,22,25). The van der Waals surface area contributed by atoms with Gasteiger partial charge in [-0.1, -0.05) is 28.4 Å². The van der Waals surface area contributed by atoms with Crippen LogP contribution in [0.4, 0.5) is 8.78 Å². The zero-order valence-corrected chi connectivity index (χ0v) is 15.7. The molecule has 27 heavy (non-hydrogen) atoms. The maximum atomic E-state index is 13.2. The quantitative estimate of drug-likeness (QED) is 0.752. The highest BCUT2D eigenvalue weighted by molar-refractivity contribution is 6.35. The molecule has 0 bridgehead atoms. The first-order valence-corrected chi connectivity index (χ1v) is 9.13. The van der Waals surface area contributed by atoms with E-state index < -0.39 is 11.8 Å². The molecule has 6 nitrogen and oxygen atoms in total. The van der Waals surface area contributed by atoms with Gasteiger partial charge in [-0.25, -0.2) is 8.78 Å². The highest BCUT2D eigenvalue weighted by atomic mass is 35.5. The van der Waals surface area contributed by atoms with Crippen molar-refractivity contribution in [1.82, 2.24) is 15.5 Å². The minimum atomic E-state index is -2.61. The van der Waals surface area contributed by atoms with Gasteiger partial charge < -0.3 is 14.6 Å². The van der Waals surface area contributed by atoms with Crippen LogP contribution >= 0.6 is 23.2 Å².